The Hall–Kier alpha value is -2.96. The first kappa shape index (κ1) is 16.9. The van der Waals surface area contributed by atoms with Gasteiger partial charge in [0, 0.05) is 45.4 Å². The van der Waals surface area contributed by atoms with Crippen molar-refractivity contribution in [3.05, 3.63) is 53.9 Å². The van der Waals surface area contributed by atoms with Crippen molar-refractivity contribution in [1.29, 1.82) is 0 Å². The highest BCUT2D eigenvalue weighted by Gasteiger charge is 2.32. The standard InChI is InChI=1S/C18H21N5O2/c1-13(24)23-12-15-6-3-2-5-14(15)11-16(23)17(25)19-9-10-22-18-20-7-4-8-21-18/h2-8,16H,9-12H2,1H3,(H,19,25)(H,20,21,22)/t16-/m1/s1. The minimum Gasteiger partial charge on any atom is -0.353 e. The van der Waals surface area contributed by atoms with Gasteiger partial charge in [-0.3, -0.25) is 9.59 Å². The summed E-state index contributed by atoms with van der Waals surface area (Å²) in [6, 6.07) is 9.20. The summed E-state index contributed by atoms with van der Waals surface area (Å²) < 4.78 is 0. The summed E-state index contributed by atoms with van der Waals surface area (Å²) in [6.45, 7) is 2.92. The summed E-state index contributed by atoms with van der Waals surface area (Å²) in [5.41, 5.74) is 2.22. The molecule has 1 aromatic carbocycles. The summed E-state index contributed by atoms with van der Waals surface area (Å²) >= 11 is 0. The van der Waals surface area contributed by atoms with Crippen LogP contribution in [0.3, 0.4) is 0 Å². The topological polar surface area (TPSA) is 87.2 Å². The van der Waals surface area contributed by atoms with Crippen LogP contribution >= 0.6 is 0 Å². The molecule has 0 unspecified atom stereocenters. The minimum absolute atomic E-state index is 0.0922. The Morgan fingerprint density at radius 2 is 1.84 bits per heavy atom. The third-order valence-electron chi connectivity index (χ3n) is 4.23. The summed E-state index contributed by atoms with van der Waals surface area (Å²) in [6.07, 6.45) is 3.84. The van der Waals surface area contributed by atoms with Crippen molar-refractivity contribution in [2.24, 2.45) is 0 Å². The second-order valence-electron chi connectivity index (χ2n) is 5.93. The number of nitrogens with zero attached hydrogens (tertiary/aromatic N) is 3. The number of fused-ring (bicyclic) bond motifs is 1. The monoisotopic (exact) mass is 339 g/mol. The molecule has 0 aliphatic carbocycles. The van der Waals surface area contributed by atoms with E-state index in [0.717, 1.165) is 11.1 Å². The molecule has 2 heterocycles. The molecule has 1 atom stereocenters. The molecule has 0 bridgehead atoms. The number of nitrogens with one attached hydrogen (secondary N) is 2. The number of aromatic nitrogens is 2. The molecule has 3 rings (SSSR count). The van der Waals surface area contributed by atoms with E-state index in [0.29, 0.717) is 32.0 Å². The summed E-state index contributed by atoms with van der Waals surface area (Å²) in [5.74, 6) is 0.291. The Bertz CT molecular complexity index is 750. The number of hydrogen-bond acceptors (Lipinski definition) is 5. The first-order valence-corrected chi connectivity index (χ1v) is 8.28. The van der Waals surface area contributed by atoms with E-state index in [9.17, 15) is 9.59 Å². The fraction of sp³-hybridized carbons (Fsp3) is 0.333. The van der Waals surface area contributed by atoms with Crippen molar-refractivity contribution in [1.82, 2.24) is 20.2 Å². The van der Waals surface area contributed by atoms with Gasteiger partial charge >= 0.3 is 0 Å². The quantitative estimate of drug-likeness (QED) is 0.793. The van der Waals surface area contributed by atoms with E-state index in [1.165, 1.54) is 6.92 Å². The zero-order chi connectivity index (χ0) is 17.6. The van der Waals surface area contributed by atoms with Crippen LogP contribution in [0.2, 0.25) is 0 Å². The van der Waals surface area contributed by atoms with Crippen LogP contribution in [0.5, 0.6) is 0 Å². The van der Waals surface area contributed by atoms with Gasteiger partial charge in [0.2, 0.25) is 17.8 Å². The maximum absolute atomic E-state index is 12.6. The third-order valence-corrected chi connectivity index (χ3v) is 4.23. The van der Waals surface area contributed by atoms with Gasteiger partial charge in [-0.05, 0) is 17.2 Å². The Morgan fingerprint density at radius 3 is 2.56 bits per heavy atom. The average molecular weight is 339 g/mol. The molecule has 0 saturated carbocycles. The molecule has 25 heavy (non-hydrogen) atoms. The van der Waals surface area contributed by atoms with Gasteiger partial charge in [-0.2, -0.15) is 0 Å². The number of hydrogen-bond donors (Lipinski definition) is 2. The molecule has 7 nitrogen and oxygen atoms in total. The SMILES string of the molecule is CC(=O)N1Cc2ccccc2C[C@@H]1C(=O)NCCNc1ncccn1. The van der Waals surface area contributed by atoms with Gasteiger partial charge in [-0.1, -0.05) is 24.3 Å². The highest BCUT2D eigenvalue weighted by Crippen LogP contribution is 2.23. The fourth-order valence-corrected chi connectivity index (χ4v) is 2.96. The van der Waals surface area contributed by atoms with Crippen LogP contribution in [0.4, 0.5) is 5.95 Å². The molecular weight excluding hydrogens is 318 g/mol. The van der Waals surface area contributed by atoms with Crippen LogP contribution in [0.1, 0.15) is 18.1 Å². The zero-order valence-electron chi connectivity index (χ0n) is 14.1. The lowest BCUT2D eigenvalue weighted by Crippen LogP contribution is -2.52. The van der Waals surface area contributed by atoms with E-state index in [2.05, 4.69) is 20.6 Å². The van der Waals surface area contributed by atoms with Crippen LogP contribution in [-0.2, 0) is 22.6 Å². The molecule has 2 amide bonds. The number of amides is 2. The lowest BCUT2D eigenvalue weighted by atomic mass is 9.93. The second-order valence-corrected chi connectivity index (χ2v) is 5.93. The molecule has 7 heteroatoms. The molecule has 130 valence electrons. The molecule has 1 aliphatic heterocycles. The lowest BCUT2D eigenvalue weighted by molar-refractivity contribution is -0.140. The highest BCUT2D eigenvalue weighted by atomic mass is 16.2. The van der Waals surface area contributed by atoms with Gasteiger partial charge in [0.1, 0.15) is 6.04 Å². The van der Waals surface area contributed by atoms with Gasteiger partial charge < -0.3 is 15.5 Å². The van der Waals surface area contributed by atoms with Gasteiger partial charge in [-0.15, -0.1) is 0 Å². The normalized spacial score (nSPS) is 16.0. The van der Waals surface area contributed by atoms with Crippen LogP contribution in [0.15, 0.2) is 42.7 Å². The number of rotatable bonds is 5. The number of carbonyl (C=O) groups is 2. The molecule has 0 radical (unpaired) electrons. The average Bonchev–Trinajstić information content (AvgIpc) is 2.64. The molecule has 0 saturated heterocycles. The molecule has 0 spiro atoms. The predicted octanol–water partition coefficient (Wildman–Crippen LogP) is 0.978. The van der Waals surface area contributed by atoms with Crippen molar-refractivity contribution in [3.63, 3.8) is 0 Å². The van der Waals surface area contributed by atoms with Crippen LogP contribution in [-0.4, -0.2) is 45.8 Å². The van der Waals surface area contributed by atoms with Gasteiger partial charge in [-0.25, -0.2) is 9.97 Å². The fourth-order valence-electron chi connectivity index (χ4n) is 2.96. The molecule has 2 aromatic rings. The van der Waals surface area contributed by atoms with Gasteiger partial charge in [0.15, 0.2) is 0 Å². The smallest absolute Gasteiger partial charge is 0.243 e. The number of benzene rings is 1. The summed E-state index contributed by atoms with van der Waals surface area (Å²) in [5, 5.41) is 5.92. The largest absolute Gasteiger partial charge is 0.353 e. The number of anilines is 1. The Labute approximate surface area is 146 Å². The lowest BCUT2D eigenvalue weighted by Gasteiger charge is -2.35. The third kappa shape index (κ3) is 4.12. The Kier molecular flexibility index (Phi) is 5.23. The van der Waals surface area contributed by atoms with Crippen molar-refractivity contribution in [3.8, 4) is 0 Å². The number of carbonyl (C=O) groups excluding carboxylic acids is 2. The molecule has 1 aromatic heterocycles. The van der Waals surface area contributed by atoms with E-state index < -0.39 is 6.04 Å². The van der Waals surface area contributed by atoms with Crippen LogP contribution in [0, 0.1) is 0 Å². The van der Waals surface area contributed by atoms with Crippen LogP contribution in [0.25, 0.3) is 0 Å². The van der Waals surface area contributed by atoms with Gasteiger partial charge in [0.25, 0.3) is 0 Å². The van der Waals surface area contributed by atoms with Crippen molar-refractivity contribution < 1.29 is 9.59 Å². The van der Waals surface area contributed by atoms with E-state index in [4.69, 9.17) is 0 Å². The molecular formula is C18H21N5O2. The molecule has 0 fully saturated rings. The first-order valence-electron chi connectivity index (χ1n) is 8.28. The maximum atomic E-state index is 12.6. The van der Waals surface area contributed by atoms with Crippen molar-refractivity contribution >= 4 is 17.8 Å². The summed E-state index contributed by atoms with van der Waals surface area (Å²) in [4.78, 5) is 34.3. The second kappa shape index (κ2) is 7.74. The minimum atomic E-state index is -0.472. The maximum Gasteiger partial charge on any atom is 0.243 e. The van der Waals surface area contributed by atoms with E-state index >= 15 is 0 Å². The van der Waals surface area contributed by atoms with Gasteiger partial charge in [0.05, 0.1) is 0 Å². The van der Waals surface area contributed by atoms with Crippen molar-refractivity contribution in [2.45, 2.75) is 25.9 Å². The first-order chi connectivity index (χ1) is 12.1. The van der Waals surface area contributed by atoms with E-state index in [-0.39, 0.29) is 11.8 Å². The zero-order valence-corrected chi connectivity index (χ0v) is 14.1. The van der Waals surface area contributed by atoms with E-state index in [1.807, 2.05) is 24.3 Å². The molecule has 1 aliphatic rings. The van der Waals surface area contributed by atoms with Crippen LogP contribution < -0.4 is 10.6 Å². The van der Waals surface area contributed by atoms with Crippen molar-refractivity contribution in [2.75, 3.05) is 18.4 Å². The predicted molar refractivity (Wildman–Crippen MR) is 93.7 cm³/mol. The summed E-state index contributed by atoms with van der Waals surface area (Å²) in [7, 11) is 0. The molecule has 2 N–H and O–H groups in total. The highest BCUT2D eigenvalue weighted by molar-refractivity contribution is 5.87. The van der Waals surface area contributed by atoms with E-state index in [1.54, 1.807) is 23.4 Å². The Balaban J connectivity index is 1.57. The Morgan fingerprint density at radius 1 is 1.12 bits per heavy atom.